The van der Waals surface area contributed by atoms with Gasteiger partial charge in [-0.25, -0.2) is 15.0 Å². The molecule has 0 N–H and O–H groups in total. The molecular weight excluding hydrogens is 314 g/mol. The van der Waals surface area contributed by atoms with Gasteiger partial charge in [-0.05, 0) is 25.8 Å². The highest BCUT2D eigenvalue weighted by Crippen LogP contribution is 2.39. The molecule has 1 aliphatic heterocycles. The van der Waals surface area contributed by atoms with Crippen LogP contribution in [0.2, 0.25) is 5.15 Å². The Morgan fingerprint density at radius 1 is 1.26 bits per heavy atom. The average molecular weight is 332 g/mol. The summed E-state index contributed by atoms with van der Waals surface area (Å²) in [5, 5.41) is 1.28. The number of halogens is 1. The van der Waals surface area contributed by atoms with Crippen LogP contribution in [0.25, 0.3) is 22.2 Å². The van der Waals surface area contributed by atoms with Crippen molar-refractivity contribution in [2.45, 2.75) is 52.2 Å². The third-order valence-corrected chi connectivity index (χ3v) is 4.63. The molecule has 0 bridgehead atoms. The molecule has 3 aromatic rings. The minimum Gasteiger partial charge on any atom is -0.433 e. The summed E-state index contributed by atoms with van der Waals surface area (Å²) in [4.78, 5) is 13.1. The molecule has 0 atom stereocenters. The molecule has 5 nitrogen and oxygen atoms in total. The molecule has 120 valence electrons. The van der Waals surface area contributed by atoms with E-state index in [0.29, 0.717) is 23.1 Å². The SMILES string of the molecule is CCCc1nc2oc3c(Cl)ncnc3c2c2c1COC(C)(C)C2. The smallest absolute Gasteiger partial charge is 0.229 e. The maximum absolute atomic E-state index is 6.17. The van der Waals surface area contributed by atoms with Gasteiger partial charge in [0.05, 0.1) is 23.3 Å². The van der Waals surface area contributed by atoms with Gasteiger partial charge in [0.1, 0.15) is 11.8 Å². The molecule has 4 rings (SSSR count). The summed E-state index contributed by atoms with van der Waals surface area (Å²) in [6.45, 7) is 6.93. The Hall–Kier alpha value is -1.72. The first kappa shape index (κ1) is 14.8. The lowest BCUT2D eigenvalue weighted by atomic mass is 9.88. The first-order valence-corrected chi connectivity index (χ1v) is 8.25. The predicted molar refractivity (Wildman–Crippen MR) is 88.7 cm³/mol. The van der Waals surface area contributed by atoms with Crippen molar-refractivity contribution in [2.24, 2.45) is 0 Å². The van der Waals surface area contributed by atoms with Crippen molar-refractivity contribution in [1.29, 1.82) is 0 Å². The second-order valence-corrected chi connectivity index (χ2v) is 6.97. The van der Waals surface area contributed by atoms with E-state index in [2.05, 4.69) is 30.7 Å². The van der Waals surface area contributed by atoms with E-state index in [1.54, 1.807) is 0 Å². The summed E-state index contributed by atoms with van der Waals surface area (Å²) in [6.07, 6.45) is 4.19. The number of hydrogen-bond acceptors (Lipinski definition) is 5. The molecule has 0 saturated carbocycles. The Labute approximate surface area is 139 Å². The molecule has 23 heavy (non-hydrogen) atoms. The zero-order chi connectivity index (χ0) is 16.2. The highest BCUT2D eigenvalue weighted by atomic mass is 35.5. The van der Waals surface area contributed by atoms with Gasteiger partial charge in [0, 0.05) is 12.0 Å². The molecule has 0 radical (unpaired) electrons. The molecule has 6 heteroatoms. The molecular formula is C17H18ClN3O2. The number of fused-ring (bicyclic) bond motifs is 5. The summed E-state index contributed by atoms with van der Waals surface area (Å²) in [5.74, 6) is 0. The second-order valence-electron chi connectivity index (χ2n) is 6.62. The van der Waals surface area contributed by atoms with Crippen LogP contribution in [-0.2, 0) is 24.2 Å². The fourth-order valence-corrected chi connectivity index (χ4v) is 3.46. The summed E-state index contributed by atoms with van der Waals surface area (Å²) >= 11 is 6.17. The molecule has 4 heterocycles. The number of furan rings is 1. The lowest BCUT2D eigenvalue weighted by Gasteiger charge is -2.33. The minimum atomic E-state index is -0.217. The maximum atomic E-state index is 6.17. The van der Waals surface area contributed by atoms with Crippen LogP contribution in [0.4, 0.5) is 0 Å². The summed E-state index contributed by atoms with van der Waals surface area (Å²) in [7, 11) is 0. The molecule has 0 fully saturated rings. The van der Waals surface area contributed by atoms with Crippen molar-refractivity contribution in [1.82, 2.24) is 15.0 Å². The molecule has 0 aliphatic carbocycles. The van der Waals surface area contributed by atoms with Gasteiger partial charge >= 0.3 is 0 Å². The predicted octanol–water partition coefficient (Wildman–Crippen LogP) is 4.23. The lowest BCUT2D eigenvalue weighted by molar-refractivity contribution is -0.0401. The van der Waals surface area contributed by atoms with Gasteiger partial charge in [-0.1, -0.05) is 24.9 Å². The van der Waals surface area contributed by atoms with E-state index < -0.39 is 0 Å². The number of ether oxygens (including phenoxy) is 1. The molecule has 0 amide bonds. The number of pyridine rings is 1. The fourth-order valence-electron chi connectivity index (χ4n) is 3.29. The van der Waals surface area contributed by atoms with E-state index in [9.17, 15) is 0 Å². The zero-order valence-corrected chi connectivity index (χ0v) is 14.2. The van der Waals surface area contributed by atoms with E-state index in [1.807, 2.05) is 0 Å². The Morgan fingerprint density at radius 2 is 2.09 bits per heavy atom. The van der Waals surface area contributed by atoms with Crippen LogP contribution in [0.3, 0.4) is 0 Å². The van der Waals surface area contributed by atoms with Crippen LogP contribution in [0.15, 0.2) is 10.7 Å². The van der Waals surface area contributed by atoms with Gasteiger partial charge in [-0.3, -0.25) is 0 Å². The number of rotatable bonds is 2. The third-order valence-electron chi connectivity index (χ3n) is 4.36. The van der Waals surface area contributed by atoms with Crippen molar-refractivity contribution in [3.05, 3.63) is 28.3 Å². The molecule has 0 spiro atoms. The van der Waals surface area contributed by atoms with Gasteiger partial charge in [0.25, 0.3) is 0 Å². The first-order valence-electron chi connectivity index (χ1n) is 7.87. The minimum absolute atomic E-state index is 0.217. The quantitative estimate of drug-likeness (QED) is 0.658. The summed E-state index contributed by atoms with van der Waals surface area (Å²) in [5.41, 5.74) is 5.09. The summed E-state index contributed by atoms with van der Waals surface area (Å²) < 4.78 is 11.9. The molecule has 0 unspecified atom stereocenters. The largest absolute Gasteiger partial charge is 0.433 e. The van der Waals surface area contributed by atoms with Gasteiger partial charge < -0.3 is 9.15 Å². The van der Waals surface area contributed by atoms with Crippen LogP contribution in [0.5, 0.6) is 0 Å². The highest BCUT2D eigenvalue weighted by molar-refractivity contribution is 6.34. The van der Waals surface area contributed by atoms with Crippen LogP contribution >= 0.6 is 11.6 Å². The summed E-state index contributed by atoms with van der Waals surface area (Å²) in [6, 6.07) is 0. The van der Waals surface area contributed by atoms with Crippen LogP contribution in [0, 0.1) is 0 Å². The van der Waals surface area contributed by atoms with Gasteiger partial charge in [0.2, 0.25) is 5.71 Å². The van der Waals surface area contributed by atoms with E-state index in [-0.39, 0.29) is 5.60 Å². The molecule has 0 aromatic carbocycles. The van der Waals surface area contributed by atoms with Crippen molar-refractivity contribution in [2.75, 3.05) is 0 Å². The van der Waals surface area contributed by atoms with E-state index in [1.165, 1.54) is 17.5 Å². The van der Waals surface area contributed by atoms with E-state index in [4.69, 9.17) is 25.7 Å². The zero-order valence-electron chi connectivity index (χ0n) is 13.4. The monoisotopic (exact) mass is 331 g/mol. The standard InChI is InChI=1S/C17H18ClN3O2/c1-4-5-11-10-7-22-17(2,3)6-9(10)12-13-14(23-16(12)21-11)15(18)20-8-19-13/h8H,4-7H2,1-3H3. The topological polar surface area (TPSA) is 61.0 Å². The van der Waals surface area contributed by atoms with Crippen molar-refractivity contribution in [3.8, 4) is 0 Å². The lowest BCUT2D eigenvalue weighted by Crippen LogP contribution is -2.32. The molecule has 3 aromatic heterocycles. The Morgan fingerprint density at radius 3 is 2.87 bits per heavy atom. The van der Waals surface area contributed by atoms with Gasteiger partial charge in [-0.2, -0.15) is 0 Å². The highest BCUT2D eigenvalue weighted by Gasteiger charge is 2.32. The normalized spacial score (nSPS) is 16.9. The van der Waals surface area contributed by atoms with Crippen molar-refractivity contribution < 1.29 is 9.15 Å². The van der Waals surface area contributed by atoms with Crippen LogP contribution in [0.1, 0.15) is 44.0 Å². The fraction of sp³-hybridized carbons (Fsp3) is 0.471. The van der Waals surface area contributed by atoms with Crippen LogP contribution in [-0.4, -0.2) is 20.6 Å². The number of nitrogens with zero attached hydrogens (tertiary/aromatic N) is 3. The van der Waals surface area contributed by atoms with Crippen LogP contribution < -0.4 is 0 Å². The van der Waals surface area contributed by atoms with Crippen molar-refractivity contribution in [3.63, 3.8) is 0 Å². The van der Waals surface area contributed by atoms with Gasteiger partial charge in [-0.15, -0.1) is 0 Å². The number of aryl methyl sites for hydroxylation is 1. The number of aromatic nitrogens is 3. The van der Waals surface area contributed by atoms with Gasteiger partial charge in [0.15, 0.2) is 10.7 Å². The second kappa shape index (κ2) is 5.14. The Kier molecular flexibility index (Phi) is 3.32. The van der Waals surface area contributed by atoms with E-state index >= 15 is 0 Å². The Balaban J connectivity index is 2.11. The average Bonchev–Trinajstić information content (AvgIpc) is 2.86. The Bertz CT molecular complexity index is 917. The van der Waals surface area contributed by atoms with E-state index in [0.717, 1.165) is 35.9 Å². The third kappa shape index (κ3) is 2.30. The maximum Gasteiger partial charge on any atom is 0.229 e. The number of hydrogen-bond donors (Lipinski definition) is 0. The molecule has 1 aliphatic rings. The molecule has 0 saturated heterocycles. The van der Waals surface area contributed by atoms with Crippen molar-refractivity contribution >= 4 is 33.8 Å². The first-order chi connectivity index (χ1) is 11.0.